The first-order chi connectivity index (χ1) is 14.5. The number of methoxy groups -OCH3 is 1. The summed E-state index contributed by atoms with van der Waals surface area (Å²) in [6.07, 6.45) is 0. The quantitative estimate of drug-likeness (QED) is 0.558. The van der Waals surface area contributed by atoms with Crippen LogP contribution < -0.4 is 18.5 Å². The number of hydrogen-bond donors (Lipinski definition) is 0. The molecule has 1 heterocycles. The van der Waals surface area contributed by atoms with Gasteiger partial charge in [-0.05, 0) is 42.0 Å². The highest BCUT2D eigenvalue weighted by atomic mass is 35.5. The molecule has 4 rings (SSSR count). The average molecular weight is 446 g/mol. The standard InChI is InChI=1S/C22H20ClNO5S/c1-27-20-5-3-2-4-19(20)24(15-16-6-8-17(23)9-7-16)30(25,26)18-10-11-21-22(14-18)29-13-12-28-21/h2-11,14H,12-13,15H2,1H3. The summed E-state index contributed by atoms with van der Waals surface area (Å²) in [5, 5.41) is 0.581. The number of sulfonamides is 1. The number of anilines is 1. The van der Waals surface area contributed by atoms with Crippen LogP contribution in [0.2, 0.25) is 5.02 Å². The summed E-state index contributed by atoms with van der Waals surface area (Å²) >= 11 is 5.99. The molecular weight excluding hydrogens is 426 g/mol. The van der Waals surface area contributed by atoms with Gasteiger partial charge in [0.2, 0.25) is 0 Å². The second-order valence-corrected chi connectivity index (χ2v) is 8.91. The zero-order valence-electron chi connectivity index (χ0n) is 16.2. The molecule has 0 N–H and O–H groups in total. The number of hydrogen-bond acceptors (Lipinski definition) is 5. The molecule has 1 aliphatic rings. The van der Waals surface area contributed by atoms with Crippen LogP contribution in [0, 0.1) is 0 Å². The third-order valence-corrected chi connectivity index (χ3v) is 6.70. The first kappa shape index (κ1) is 20.4. The molecule has 0 aliphatic carbocycles. The van der Waals surface area contributed by atoms with E-state index in [1.807, 2.05) is 0 Å². The largest absolute Gasteiger partial charge is 0.495 e. The molecule has 3 aromatic carbocycles. The number of ether oxygens (including phenoxy) is 3. The molecule has 3 aromatic rings. The summed E-state index contributed by atoms with van der Waals surface area (Å²) in [7, 11) is -2.43. The highest BCUT2D eigenvalue weighted by Crippen LogP contribution is 2.37. The molecule has 1 aliphatic heterocycles. The number of nitrogens with zero attached hydrogens (tertiary/aromatic N) is 1. The highest BCUT2D eigenvalue weighted by molar-refractivity contribution is 7.92. The first-order valence-corrected chi connectivity index (χ1v) is 11.1. The minimum Gasteiger partial charge on any atom is -0.495 e. The predicted molar refractivity (Wildman–Crippen MR) is 115 cm³/mol. The maximum absolute atomic E-state index is 13.7. The van der Waals surface area contributed by atoms with Crippen molar-refractivity contribution >= 4 is 27.3 Å². The van der Waals surface area contributed by atoms with Gasteiger partial charge >= 0.3 is 0 Å². The topological polar surface area (TPSA) is 65.1 Å². The van der Waals surface area contributed by atoms with Gasteiger partial charge in [0.15, 0.2) is 11.5 Å². The summed E-state index contributed by atoms with van der Waals surface area (Å²) < 4.78 is 45.3. The van der Waals surface area contributed by atoms with Crippen molar-refractivity contribution in [3.8, 4) is 17.2 Å². The van der Waals surface area contributed by atoms with Gasteiger partial charge in [-0.25, -0.2) is 8.42 Å². The van der Waals surface area contributed by atoms with Crippen LogP contribution in [0.5, 0.6) is 17.2 Å². The van der Waals surface area contributed by atoms with Gasteiger partial charge in [0.05, 0.1) is 24.2 Å². The summed E-state index contributed by atoms with van der Waals surface area (Å²) in [6.45, 7) is 0.912. The molecule has 156 valence electrons. The van der Waals surface area contributed by atoms with Gasteiger partial charge in [-0.2, -0.15) is 0 Å². The first-order valence-electron chi connectivity index (χ1n) is 9.29. The van der Waals surface area contributed by atoms with Gasteiger partial charge in [0.1, 0.15) is 19.0 Å². The van der Waals surface area contributed by atoms with E-state index < -0.39 is 10.0 Å². The van der Waals surface area contributed by atoms with Crippen LogP contribution in [0.15, 0.2) is 71.6 Å². The molecular formula is C22H20ClNO5S. The van der Waals surface area contributed by atoms with Crippen molar-refractivity contribution in [2.24, 2.45) is 0 Å². The van der Waals surface area contributed by atoms with Gasteiger partial charge in [-0.15, -0.1) is 0 Å². The van der Waals surface area contributed by atoms with Crippen molar-refractivity contribution in [3.63, 3.8) is 0 Å². The van der Waals surface area contributed by atoms with Crippen LogP contribution in [0.4, 0.5) is 5.69 Å². The fourth-order valence-electron chi connectivity index (χ4n) is 3.20. The van der Waals surface area contributed by atoms with Crippen LogP contribution >= 0.6 is 11.6 Å². The maximum Gasteiger partial charge on any atom is 0.264 e. The van der Waals surface area contributed by atoms with Crippen molar-refractivity contribution in [1.82, 2.24) is 0 Å². The van der Waals surface area contributed by atoms with Crippen LogP contribution in [0.3, 0.4) is 0 Å². The Hall–Kier alpha value is -2.90. The van der Waals surface area contributed by atoms with Crippen molar-refractivity contribution in [3.05, 3.63) is 77.3 Å². The van der Waals surface area contributed by atoms with E-state index in [2.05, 4.69) is 0 Å². The van der Waals surface area contributed by atoms with E-state index in [0.29, 0.717) is 41.2 Å². The van der Waals surface area contributed by atoms with Crippen LogP contribution in [0.1, 0.15) is 5.56 Å². The number of halogens is 1. The van der Waals surface area contributed by atoms with E-state index in [-0.39, 0.29) is 11.4 Å². The SMILES string of the molecule is COc1ccccc1N(Cc1ccc(Cl)cc1)S(=O)(=O)c1ccc2c(c1)OCCO2. The number of rotatable bonds is 6. The van der Waals surface area contributed by atoms with Crippen molar-refractivity contribution in [1.29, 1.82) is 0 Å². The zero-order valence-corrected chi connectivity index (χ0v) is 17.8. The fraction of sp³-hybridized carbons (Fsp3) is 0.182. The summed E-state index contributed by atoms with van der Waals surface area (Å²) in [5.41, 5.74) is 1.22. The molecule has 8 heteroatoms. The van der Waals surface area contributed by atoms with Crippen LogP contribution in [-0.4, -0.2) is 28.7 Å². The van der Waals surface area contributed by atoms with E-state index in [1.165, 1.54) is 23.5 Å². The molecule has 6 nitrogen and oxygen atoms in total. The van der Waals surface area contributed by atoms with Gasteiger partial charge < -0.3 is 14.2 Å². The molecule has 0 unspecified atom stereocenters. The molecule has 0 atom stereocenters. The third-order valence-electron chi connectivity index (χ3n) is 4.69. The van der Waals surface area contributed by atoms with Crippen LogP contribution in [0.25, 0.3) is 0 Å². The molecule has 0 amide bonds. The van der Waals surface area contributed by atoms with Gasteiger partial charge in [-0.3, -0.25) is 4.31 Å². The van der Waals surface area contributed by atoms with Gasteiger partial charge in [0, 0.05) is 11.1 Å². The van der Waals surface area contributed by atoms with E-state index in [9.17, 15) is 8.42 Å². The number of benzene rings is 3. The zero-order chi connectivity index (χ0) is 21.1. The van der Waals surface area contributed by atoms with Gasteiger partial charge in [0.25, 0.3) is 10.0 Å². The van der Waals surface area contributed by atoms with Crippen molar-refractivity contribution in [2.75, 3.05) is 24.6 Å². The Balaban J connectivity index is 1.80. The second-order valence-electron chi connectivity index (χ2n) is 6.62. The fourth-order valence-corrected chi connectivity index (χ4v) is 4.81. The molecule has 0 radical (unpaired) electrons. The summed E-state index contributed by atoms with van der Waals surface area (Å²) in [5.74, 6) is 1.39. The normalized spacial score (nSPS) is 13.0. The second kappa shape index (κ2) is 8.45. The maximum atomic E-state index is 13.7. The Bertz CT molecular complexity index is 1150. The molecule has 0 spiro atoms. The molecule has 30 heavy (non-hydrogen) atoms. The van der Waals surface area contributed by atoms with E-state index in [0.717, 1.165) is 5.56 Å². The Morgan fingerprint density at radius 3 is 2.40 bits per heavy atom. The van der Waals surface area contributed by atoms with E-state index >= 15 is 0 Å². The average Bonchev–Trinajstić information content (AvgIpc) is 2.78. The smallest absolute Gasteiger partial charge is 0.264 e. The molecule has 0 saturated carbocycles. The Morgan fingerprint density at radius 1 is 0.967 bits per heavy atom. The lowest BCUT2D eigenvalue weighted by molar-refractivity contribution is 0.171. The molecule has 0 aromatic heterocycles. The van der Waals surface area contributed by atoms with E-state index in [1.54, 1.807) is 54.6 Å². The highest BCUT2D eigenvalue weighted by Gasteiger charge is 2.29. The lowest BCUT2D eigenvalue weighted by Gasteiger charge is -2.27. The third kappa shape index (κ3) is 4.04. The van der Waals surface area contributed by atoms with E-state index in [4.69, 9.17) is 25.8 Å². The van der Waals surface area contributed by atoms with Gasteiger partial charge in [-0.1, -0.05) is 35.9 Å². The predicted octanol–water partition coefficient (Wildman–Crippen LogP) is 4.52. The Labute approximate surface area is 180 Å². The Kier molecular flexibility index (Phi) is 5.74. The number of para-hydroxylation sites is 2. The minimum absolute atomic E-state index is 0.103. The van der Waals surface area contributed by atoms with Crippen LogP contribution in [-0.2, 0) is 16.6 Å². The lowest BCUT2D eigenvalue weighted by Crippen LogP contribution is -2.31. The summed E-state index contributed by atoms with van der Waals surface area (Å²) in [4.78, 5) is 0.103. The van der Waals surface area contributed by atoms with Crippen molar-refractivity contribution in [2.45, 2.75) is 11.4 Å². The molecule has 0 fully saturated rings. The molecule has 0 bridgehead atoms. The van der Waals surface area contributed by atoms with Crippen molar-refractivity contribution < 1.29 is 22.6 Å². The monoisotopic (exact) mass is 445 g/mol. The Morgan fingerprint density at radius 2 is 1.67 bits per heavy atom. The summed E-state index contributed by atoms with van der Waals surface area (Å²) in [6, 6.07) is 18.7. The molecule has 0 saturated heterocycles. The number of fused-ring (bicyclic) bond motifs is 1. The lowest BCUT2D eigenvalue weighted by atomic mass is 10.2. The minimum atomic E-state index is -3.94.